The number of halogens is 2. The summed E-state index contributed by atoms with van der Waals surface area (Å²) in [5.41, 5.74) is 3.48. The summed E-state index contributed by atoms with van der Waals surface area (Å²) < 4.78 is 0. The van der Waals surface area contributed by atoms with E-state index in [1.165, 1.54) is 11.1 Å². The zero-order valence-corrected chi connectivity index (χ0v) is 7.97. The van der Waals surface area contributed by atoms with Crippen LogP contribution in [-0.4, -0.2) is 24.8 Å². The predicted molar refractivity (Wildman–Crippen MR) is 51.1 cm³/mol. The Morgan fingerprint density at radius 3 is 1.91 bits per heavy atom. The van der Waals surface area contributed by atoms with Gasteiger partial charge in [0.1, 0.15) is 0 Å². The van der Waals surface area contributed by atoms with Crippen LogP contribution in [0.25, 0.3) is 0 Å². The van der Waals surface area contributed by atoms with E-state index in [9.17, 15) is 0 Å². The third kappa shape index (κ3) is 5.95. The van der Waals surface area contributed by atoms with Gasteiger partial charge in [0.05, 0.1) is 5.71 Å². The number of hydrazone groups is 1. The third-order valence-corrected chi connectivity index (χ3v) is 1.03. The first-order valence-corrected chi connectivity index (χ1v) is 3.87. The van der Waals surface area contributed by atoms with Crippen molar-refractivity contribution in [2.75, 3.05) is 14.1 Å². The van der Waals surface area contributed by atoms with Gasteiger partial charge >= 0.3 is 0 Å². The van der Waals surface area contributed by atoms with Crippen molar-refractivity contribution in [2.24, 2.45) is 5.10 Å². The smallest absolute Gasteiger partial charge is 0.0848 e. The summed E-state index contributed by atoms with van der Waals surface area (Å²) in [5.74, 6) is 0. The summed E-state index contributed by atoms with van der Waals surface area (Å²) in [6.07, 6.45) is 3.31. The number of nitrogens with zero attached hydrogens (tertiary/aromatic N) is 2. The number of hydrogen-bond acceptors (Lipinski definition) is 2. The molecule has 62 valence electrons. The number of rotatable bonds is 3. The zero-order chi connectivity index (χ0) is 8.69. The third-order valence-electron chi connectivity index (χ3n) is 0.783. The van der Waals surface area contributed by atoms with Crippen LogP contribution in [0.5, 0.6) is 0 Å². The van der Waals surface area contributed by atoms with Crippen molar-refractivity contribution in [1.29, 1.82) is 0 Å². The molecule has 0 spiro atoms. The summed E-state index contributed by atoms with van der Waals surface area (Å²) in [6, 6.07) is 0. The van der Waals surface area contributed by atoms with Gasteiger partial charge in [-0.15, -0.1) is 0 Å². The van der Waals surface area contributed by atoms with Gasteiger partial charge in [-0.3, -0.25) is 0 Å². The average molecular weight is 193 g/mol. The van der Waals surface area contributed by atoms with Gasteiger partial charge in [-0.2, -0.15) is 5.10 Å². The molecule has 0 unspecified atom stereocenters. The first-order valence-electron chi connectivity index (χ1n) is 3.00. The van der Waals surface area contributed by atoms with Gasteiger partial charge < -0.3 is 5.01 Å². The van der Waals surface area contributed by atoms with Crippen LogP contribution in [0.1, 0.15) is 0 Å². The molecule has 0 fully saturated rings. The van der Waals surface area contributed by atoms with Crippen LogP contribution in [-0.2, 0) is 0 Å². The minimum atomic E-state index is 0.708. The topological polar surface area (TPSA) is 15.6 Å². The Kier molecular flexibility index (Phi) is 5.99. The lowest BCUT2D eigenvalue weighted by molar-refractivity contribution is 0.439. The number of hydrogen-bond donors (Lipinski definition) is 0. The molecule has 0 aliphatic carbocycles. The molecule has 0 amide bonds. The minimum absolute atomic E-state index is 0.708. The predicted octanol–water partition coefficient (Wildman–Crippen LogP) is 2.41. The summed E-state index contributed by atoms with van der Waals surface area (Å²) >= 11 is 10.7. The monoisotopic (exact) mass is 192 g/mol. The zero-order valence-electron chi connectivity index (χ0n) is 6.46. The van der Waals surface area contributed by atoms with Gasteiger partial charge in [-0.25, -0.2) is 0 Å². The second-order valence-corrected chi connectivity index (χ2v) is 2.46. The molecule has 0 saturated carbocycles. The van der Waals surface area contributed by atoms with Gasteiger partial charge in [0.25, 0.3) is 0 Å². The van der Waals surface area contributed by atoms with E-state index in [4.69, 9.17) is 23.2 Å². The van der Waals surface area contributed by atoms with Crippen LogP contribution in [0.15, 0.2) is 28.3 Å². The Labute approximate surface area is 76.8 Å². The second kappa shape index (κ2) is 6.25. The van der Waals surface area contributed by atoms with Crippen molar-refractivity contribution < 1.29 is 0 Å². The maximum Gasteiger partial charge on any atom is 0.0848 e. The van der Waals surface area contributed by atoms with E-state index < -0.39 is 0 Å². The Hall–Kier alpha value is -0.470. The molecule has 4 heteroatoms. The summed E-state index contributed by atoms with van der Waals surface area (Å²) in [7, 11) is 3.65. The molecular weight excluding hydrogens is 183 g/mol. The van der Waals surface area contributed by atoms with Crippen molar-refractivity contribution >= 4 is 28.9 Å². The SMILES string of the molecule is CN(C)N=C(C=CCl)C=CCl. The Morgan fingerprint density at radius 1 is 1.18 bits per heavy atom. The summed E-state index contributed by atoms with van der Waals surface area (Å²) in [6.45, 7) is 0. The maximum atomic E-state index is 5.36. The fraction of sp³-hybridized carbons (Fsp3) is 0.286. The van der Waals surface area contributed by atoms with Gasteiger partial charge in [0.15, 0.2) is 0 Å². The fourth-order valence-electron chi connectivity index (χ4n) is 0.482. The molecule has 0 aromatic rings. The van der Waals surface area contributed by atoms with Crippen LogP contribution in [0.4, 0.5) is 0 Å². The maximum absolute atomic E-state index is 5.36. The first kappa shape index (κ1) is 10.5. The van der Waals surface area contributed by atoms with Gasteiger partial charge in [-0.1, -0.05) is 23.2 Å². The van der Waals surface area contributed by atoms with Crippen LogP contribution in [0, 0.1) is 0 Å². The quantitative estimate of drug-likeness (QED) is 0.496. The largest absolute Gasteiger partial charge is 0.303 e. The van der Waals surface area contributed by atoms with E-state index in [-0.39, 0.29) is 0 Å². The molecule has 0 bridgehead atoms. The molecule has 0 aliphatic heterocycles. The highest BCUT2D eigenvalue weighted by molar-refractivity contribution is 6.29. The van der Waals surface area contributed by atoms with Crippen LogP contribution >= 0.6 is 23.2 Å². The van der Waals surface area contributed by atoms with Crippen molar-refractivity contribution in [3.8, 4) is 0 Å². The molecule has 0 aliphatic rings. The molecule has 11 heavy (non-hydrogen) atoms. The Balaban J connectivity index is 4.32. The molecule has 2 nitrogen and oxygen atoms in total. The summed E-state index contributed by atoms with van der Waals surface area (Å²) in [5, 5.41) is 5.73. The summed E-state index contributed by atoms with van der Waals surface area (Å²) in [4.78, 5) is 0. The minimum Gasteiger partial charge on any atom is -0.303 e. The van der Waals surface area contributed by atoms with Gasteiger partial charge in [0, 0.05) is 25.2 Å². The van der Waals surface area contributed by atoms with E-state index in [2.05, 4.69) is 5.10 Å². The molecular formula is C7H10Cl2N2. The van der Waals surface area contributed by atoms with E-state index in [1.54, 1.807) is 17.2 Å². The van der Waals surface area contributed by atoms with Crippen molar-refractivity contribution in [3.63, 3.8) is 0 Å². The van der Waals surface area contributed by atoms with Crippen LogP contribution in [0.2, 0.25) is 0 Å². The molecule has 0 radical (unpaired) electrons. The van der Waals surface area contributed by atoms with E-state index in [1.807, 2.05) is 14.1 Å². The van der Waals surface area contributed by atoms with Crippen molar-refractivity contribution in [1.82, 2.24) is 5.01 Å². The molecule has 0 aromatic carbocycles. The van der Waals surface area contributed by atoms with Crippen molar-refractivity contribution in [3.05, 3.63) is 23.2 Å². The average Bonchev–Trinajstić information content (AvgIpc) is 1.87. The molecule has 0 heterocycles. The molecule has 0 aromatic heterocycles. The van der Waals surface area contributed by atoms with Crippen LogP contribution < -0.4 is 0 Å². The molecule has 0 saturated heterocycles. The lowest BCUT2D eigenvalue weighted by atomic mass is 10.4. The highest BCUT2D eigenvalue weighted by Crippen LogP contribution is 1.91. The van der Waals surface area contributed by atoms with E-state index in [0.717, 1.165) is 0 Å². The van der Waals surface area contributed by atoms with E-state index in [0.29, 0.717) is 5.71 Å². The fourth-order valence-corrected chi connectivity index (χ4v) is 0.740. The Morgan fingerprint density at radius 2 is 1.64 bits per heavy atom. The standard InChI is InChI=1S/C7H10Cl2N2/c1-11(2)10-7(3-5-8)4-6-9/h3-6H,1-2H3. The molecule has 0 rings (SSSR count). The highest BCUT2D eigenvalue weighted by atomic mass is 35.5. The molecule has 0 atom stereocenters. The lowest BCUT2D eigenvalue weighted by Gasteiger charge is -2.03. The van der Waals surface area contributed by atoms with E-state index >= 15 is 0 Å². The normalized spacial score (nSPS) is 10.9. The van der Waals surface area contributed by atoms with Crippen LogP contribution in [0.3, 0.4) is 0 Å². The first-order chi connectivity index (χ1) is 5.20. The van der Waals surface area contributed by atoms with Crippen molar-refractivity contribution in [2.45, 2.75) is 0 Å². The van der Waals surface area contributed by atoms with Gasteiger partial charge in [-0.05, 0) is 12.2 Å². The second-order valence-electron chi connectivity index (χ2n) is 1.96. The van der Waals surface area contributed by atoms with Gasteiger partial charge in [0.2, 0.25) is 0 Å². The lowest BCUT2D eigenvalue weighted by Crippen LogP contribution is -2.05. The molecule has 0 N–H and O–H groups in total. The highest BCUT2D eigenvalue weighted by Gasteiger charge is 1.87. The number of allylic oxidation sites excluding steroid dienone is 2. The Bertz CT molecular complexity index is 169.